The maximum absolute atomic E-state index is 13.4. The van der Waals surface area contributed by atoms with Crippen LogP contribution in [-0.4, -0.2) is 41.5 Å². The molecule has 1 N–H and O–H groups in total. The number of aliphatic hydroxyl groups excluding tert-OH is 1. The van der Waals surface area contributed by atoms with E-state index in [0.29, 0.717) is 41.4 Å². The topological polar surface area (TPSA) is 98.4 Å². The molecule has 0 aliphatic carbocycles. The number of fused-ring (bicyclic) bond motifs is 1. The van der Waals surface area contributed by atoms with Crippen molar-refractivity contribution in [2.75, 3.05) is 13.7 Å². The van der Waals surface area contributed by atoms with Gasteiger partial charge in [-0.1, -0.05) is 19.4 Å². The SMILES string of the molecule is CCCCOc1ccc(C2/C(=C(/O)c3ccc4c(c3)CC(C)O4)C(=O)C(=O)N2Cc2ccco2)cc1OC. The lowest BCUT2D eigenvalue weighted by molar-refractivity contribution is -0.140. The first kappa shape index (κ1) is 25.4. The second-order valence-electron chi connectivity index (χ2n) is 9.57. The van der Waals surface area contributed by atoms with Crippen molar-refractivity contribution in [3.63, 3.8) is 0 Å². The third kappa shape index (κ3) is 4.74. The number of Topliss-reactive ketones (excluding diaryl/α,β-unsaturated/α-hetero) is 1. The summed E-state index contributed by atoms with van der Waals surface area (Å²) in [6.45, 7) is 4.67. The summed E-state index contributed by atoms with van der Waals surface area (Å²) >= 11 is 0. The van der Waals surface area contributed by atoms with E-state index in [0.717, 1.165) is 24.2 Å². The van der Waals surface area contributed by atoms with Crippen molar-refractivity contribution in [2.45, 2.75) is 51.8 Å². The summed E-state index contributed by atoms with van der Waals surface area (Å²) in [5, 5.41) is 11.5. The quantitative estimate of drug-likeness (QED) is 0.175. The fourth-order valence-electron chi connectivity index (χ4n) is 4.98. The maximum Gasteiger partial charge on any atom is 0.296 e. The van der Waals surface area contributed by atoms with Gasteiger partial charge in [0.05, 0.1) is 38.1 Å². The van der Waals surface area contributed by atoms with E-state index in [-0.39, 0.29) is 24.0 Å². The molecular weight excluding hydrogens is 486 g/mol. The highest BCUT2D eigenvalue weighted by Gasteiger charge is 2.46. The molecular formula is C30H31NO7. The van der Waals surface area contributed by atoms with Crippen molar-refractivity contribution in [1.82, 2.24) is 4.90 Å². The first-order valence-electron chi connectivity index (χ1n) is 12.8. The lowest BCUT2D eigenvalue weighted by Crippen LogP contribution is -2.29. The van der Waals surface area contributed by atoms with Crippen LogP contribution in [0.1, 0.15) is 55.2 Å². The molecule has 2 unspecified atom stereocenters. The van der Waals surface area contributed by atoms with E-state index in [4.69, 9.17) is 18.6 Å². The number of benzene rings is 2. The second-order valence-corrected chi connectivity index (χ2v) is 9.57. The van der Waals surface area contributed by atoms with Gasteiger partial charge >= 0.3 is 0 Å². The molecule has 2 aliphatic rings. The van der Waals surface area contributed by atoms with Crippen molar-refractivity contribution < 1.29 is 33.3 Å². The van der Waals surface area contributed by atoms with Crippen LogP contribution in [0, 0.1) is 0 Å². The number of unbranched alkanes of at least 4 members (excludes halogenated alkanes) is 1. The van der Waals surface area contributed by atoms with Crippen LogP contribution in [0.4, 0.5) is 0 Å². The number of carbonyl (C=O) groups is 2. The van der Waals surface area contributed by atoms with E-state index in [1.165, 1.54) is 11.2 Å². The Morgan fingerprint density at radius 3 is 2.71 bits per heavy atom. The summed E-state index contributed by atoms with van der Waals surface area (Å²) < 4.78 is 22.7. The highest BCUT2D eigenvalue weighted by atomic mass is 16.5. The van der Waals surface area contributed by atoms with Gasteiger partial charge in [-0.3, -0.25) is 9.59 Å². The lowest BCUT2D eigenvalue weighted by atomic mass is 9.94. The molecule has 38 heavy (non-hydrogen) atoms. The molecule has 8 heteroatoms. The Kier molecular flexibility index (Phi) is 7.13. The maximum atomic E-state index is 13.4. The molecule has 0 saturated carbocycles. The van der Waals surface area contributed by atoms with Gasteiger partial charge in [0.25, 0.3) is 11.7 Å². The second kappa shape index (κ2) is 10.7. The van der Waals surface area contributed by atoms with Crippen LogP contribution in [0.25, 0.3) is 5.76 Å². The van der Waals surface area contributed by atoms with Crippen molar-refractivity contribution in [3.05, 3.63) is 82.8 Å². The summed E-state index contributed by atoms with van der Waals surface area (Å²) in [6.07, 6.45) is 4.14. The molecule has 0 radical (unpaired) electrons. The Balaban J connectivity index is 1.60. The first-order valence-corrected chi connectivity index (χ1v) is 12.8. The number of rotatable bonds is 9. The molecule has 1 aromatic heterocycles. The van der Waals surface area contributed by atoms with E-state index in [2.05, 4.69) is 6.92 Å². The molecule has 1 fully saturated rings. The summed E-state index contributed by atoms with van der Waals surface area (Å²) in [7, 11) is 1.54. The number of aliphatic hydroxyl groups is 1. The minimum atomic E-state index is -0.859. The molecule has 3 aromatic rings. The number of nitrogens with zero attached hydrogens (tertiary/aromatic N) is 1. The predicted octanol–water partition coefficient (Wildman–Crippen LogP) is 5.41. The number of furan rings is 1. The van der Waals surface area contributed by atoms with Gasteiger partial charge in [-0.15, -0.1) is 0 Å². The fourth-order valence-corrected chi connectivity index (χ4v) is 4.98. The van der Waals surface area contributed by atoms with Gasteiger partial charge in [0.15, 0.2) is 11.5 Å². The third-order valence-electron chi connectivity index (χ3n) is 6.87. The van der Waals surface area contributed by atoms with E-state index in [1.807, 2.05) is 13.0 Å². The van der Waals surface area contributed by atoms with E-state index >= 15 is 0 Å². The van der Waals surface area contributed by atoms with Crippen LogP contribution in [0.2, 0.25) is 0 Å². The van der Waals surface area contributed by atoms with Gasteiger partial charge < -0.3 is 28.6 Å². The van der Waals surface area contributed by atoms with Crippen LogP contribution in [0.15, 0.2) is 64.8 Å². The van der Waals surface area contributed by atoms with Crippen LogP contribution in [0.5, 0.6) is 17.2 Å². The predicted molar refractivity (Wildman–Crippen MR) is 140 cm³/mol. The average molecular weight is 518 g/mol. The molecule has 1 saturated heterocycles. The molecule has 2 aromatic carbocycles. The lowest BCUT2D eigenvalue weighted by Gasteiger charge is -2.25. The Hall–Kier alpha value is -4.20. The number of amides is 1. The standard InChI is InChI=1S/C30H31NO7/c1-4-5-12-37-24-11-8-19(16-25(24)35-3)27-26(29(33)30(34)31(27)17-22-7-6-13-36-22)28(32)20-9-10-23-21(15-20)14-18(2)38-23/h6-11,13,15-16,18,27,32H,4-5,12,14,17H2,1-3H3/b28-26-. The smallest absolute Gasteiger partial charge is 0.296 e. The number of hydrogen-bond acceptors (Lipinski definition) is 7. The summed E-state index contributed by atoms with van der Waals surface area (Å²) in [5.74, 6) is 0.616. The Labute approximate surface area is 221 Å². The van der Waals surface area contributed by atoms with Gasteiger partial charge in [0.1, 0.15) is 23.4 Å². The highest BCUT2D eigenvalue weighted by Crippen LogP contribution is 2.43. The number of ketones is 1. The first-order chi connectivity index (χ1) is 18.4. The molecule has 198 valence electrons. The molecule has 2 aliphatic heterocycles. The minimum absolute atomic E-state index is 0.00942. The van der Waals surface area contributed by atoms with Gasteiger partial charge in [-0.25, -0.2) is 0 Å². The van der Waals surface area contributed by atoms with Gasteiger partial charge in [0.2, 0.25) is 0 Å². The van der Waals surface area contributed by atoms with E-state index in [9.17, 15) is 14.7 Å². The van der Waals surface area contributed by atoms with Crippen LogP contribution in [-0.2, 0) is 22.6 Å². The third-order valence-corrected chi connectivity index (χ3v) is 6.87. The van der Waals surface area contributed by atoms with Gasteiger partial charge in [0, 0.05) is 12.0 Å². The molecule has 2 atom stereocenters. The van der Waals surface area contributed by atoms with Crippen molar-refractivity contribution in [2.24, 2.45) is 0 Å². The number of hydrogen-bond donors (Lipinski definition) is 1. The minimum Gasteiger partial charge on any atom is -0.507 e. The van der Waals surface area contributed by atoms with Crippen molar-refractivity contribution >= 4 is 17.4 Å². The Bertz CT molecular complexity index is 1380. The molecule has 3 heterocycles. The van der Waals surface area contributed by atoms with Crippen LogP contribution in [0.3, 0.4) is 0 Å². The average Bonchev–Trinajstić information content (AvgIpc) is 3.63. The number of methoxy groups -OCH3 is 1. The number of ether oxygens (including phenoxy) is 3. The molecule has 0 bridgehead atoms. The monoisotopic (exact) mass is 517 g/mol. The zero-order valence-electron chi connectivity index (χ0n) is 21.7. The van der Waals surface area contributed by atoms with Crippen LogP contribution < -0.4 is 14.2 Å². The number of likely N-dealkylation sites (tertiary alicyclic amines) is 1. The summed E-state index contributed by atoms with van der Waals surface area (Å²) in [4.78, 5) is 28.1. The normalized spacial score (nSPS) is 19.9. The van der Waals surface area contributed by atoms with Crippen molar-refractivity contribution in [1.29, 1.82) is 0 Å². The van der Waals surface area contributed by atoms with Crippen LogP contribution >= 0.6 is 0 Å². The molecule has 1 amide bonds. The fraction of sp³-hybridized carbons (Fsp3) is 0.333. The molecule has 8 nitrogen and oxygen atoms in total. The summed E-state index contributed by atoms with van der Waals surface area (Å²) in [5.41, 5.74) is 2.01. The van der Waals surface area contributed by atoms with Crippen molar-refractivity contribution in [3.8, 4) is 17.2 Å². The van der Waals surface area contributed by atoms with Gasteiger partial charge in [-0.05, 0) is 66.9 Å². The largest absolute Gasteiger partial charge is 0.507 e. The molecule has 0 spiro atoms. The zero-order chi connectivity index (χ0) is 26.8. The number of carbonyl (C=O) groups excluding carboxylic acids is 2. The van der Waals surface area contributed by atoms with E-state index < -0.39 is 17.7 Å². The zero-order valence-corrected chi connectivity index (χ0v) is 21.7. The highest BCUT2D eigenvalue weighted by molar-refractivity contribution is 6.46. The van der Waals surface area contributed by atoms with Gasteiger partial charge in [-0.2, -0.15) is 0 Å². The Morgan fingerprint density at radius 2 is 1.97 bits per heavy atom. The Morgan fingerprint density at radius 1 is 1.13 bits per heavy atom. The molecule has 5 rings (SSSR count). The van der Waals surface area contributed by atoms with E-state index in [1.54, 1.807) is 49.6 Å². The summed E-state index contributed by atoms with van der Waals surface area (Å²) in [6, 6.07) is 13.2.